The van der Waals surface area contributed by atoms with E-state index in [0.717, 1.165) is 16.2 Å². The zero-order chi connectivity index (χ0) is 28.4. The van der Waals surface area contributed by atoms with Gasteiger partial charge in [-0.1, -0.05) is 17.4 Å². The molecule has 204 valence electrons. The fourth-order valence-electron chi connectivity index (χ4n) is 4.37. The van der Waals surface area contributed by atoms with Crippen molar-refractivity contribution in [2.75, 3.05) is 25.2 Å². The smallest absolute Gasteiger partial charge is 0.350 e. The van der Waals surface area contributed by atoms with Gasteiger partial charge in [0.05, 0.1) is 37.6 Å². The number of methoxy groups -OCH3 is 1. The van der Waals surface area contributed by atoms with Crippen molar-refractivity contribution in [3.63, 3.8) is 0 Å². The van der Waals surface area contributed by atoms with Gasteiger partial charge in [-0.25, -0.2) is 9.78 Å². The van der Waals surface area contributed by atoms with Crippen molar-refractivity contribution in [3.8, 4) is 17.2 Å². The number of nitrogens with zero attached hydrogens (tertiary/aromatic N) is 2. The summed E-state index contributed by atoms with van der Waals surface area (Å²) in [6, 6.07) is 8.16. The Bertz CT molecular complexity index is 1490. The molecular formula is C28H28N2O8S. The molecule has 0 spiro atoms. The summed E-state index contributed by atoms with van der Waals surface area (Å²) < 4.78 is 15.9. The lowest BCUT2D eigenvalue weighted by atomic mass is 9.94. The van der Waals surface area contributed by atoms with Crippen LogP contribution in [0.3, 0.4) is 0 Å². The Morgan fingerprint density at radius 1 is 1.08 bits per heavy atom. The predicted octanol–water partition coefficient (Wildman–Crippen LogP) is 4.68. The highest BCUT2D eigenvalue weighted by atomic mass is 32.1. The second-order valence-corrected chi connectivity index (χ2v) is 9.62. The summed E-state index contributed by atoms with van der Waals surface area (Å²) >= 11 is 0.909. The molecule has 39 heavy (non-hydrogen) atoms. The number of aromatic nitrogens is 1. The molecule has 0 saturated carbocycles. The molecule has 1 fully saturated rings. The van der Waals surface area contributed by atoms with Crippen LogP contribution in [0.25, 0.3) is 5.76 Å². The molecule has 1 saturated heterocycles. The van der Waals surface area contributed by atoms with Gasteiger partial charge in [0.2, 0.25) is 0 Å². The molecule has 0 bridgehead atoms. The summed E-state index contributed by atoms with van der Waals surface area (Å²) in [6.45, 7) is 7.23. The number of carbonyl (C=O) groups excluding carboxylic acids is 3. The highest BCUT2D eigenvalue weighted by Gasteiger charge is 2.48. The summed E-state index contributed by atoms with van der Waals surface area (Å²) in [5, 5.41) is 21.8. The number of Topliss-reactive ketones (excluding diaryl/α,β-unsaturated/α-hetero) is 1. The topological polar surface area (TPSA) is 135 Å². The quantitative estimate of drug-likeness (QED) is 0.177. The van der Waals surface area contributed by atoms with E-state index < -0.39 is 29.5 Å². The van der Waals surface area contributed by atoms with Gasteiger partial charge in [0.25, 0.3) is 5.78 Å². The van der Waals surface area contributed by atoms with Gasteiger partial charge >= 0.3 is 11.9 Å². The number of ether oxygens (including phenoxy) is 3. The number of aromatic hydroxyl groups is 1. The van der Waals surface area contributed by atoms with E-state index in [4.69, 9.17) is 14.2 Å². The maximum atomic E-state index is 13.5. The minimum Gasteiger partial charge on any atom is -0.507 e. The molecule has 1 unspecified atom stereocenters. The van der Waals surface area contributed by atoms with Gasteiger partial charge in [-0.2, -0.15) is 0 Å². The van der Waals surface area contributed by atoms with Crippen molar-refractivity contribution < 1.29 is 38.8 Å². The first-order chi connectivity index (χ1) is 18.6. The molecule has 2 heterocycles. The normalized spacial score (nSPS) is 16.4. The molecule has 1 aliphatic heterocycles. The molecule has 3 aromatic rings. The highest BCUT2D eigenvalue weighted by Crippen LogP contribution is 2.45. The maximum Gasteiger partial charge on any atom is 0.350 e. The fraction of sp³-hybridized carbons (Fsp3) is 0.286. The lowest BCUT2D eigenvalue weighted by Gasteiger charge is -2.23. The van der Waals surface area contributed by atoms with Crippen LogP contribution in [0, 0.1) is 13.8 Å². The van der Waals surface area contributed by atoms with Crippen LogP contribution < -0.4 is 14.4 Å². The average molecular weight is 553 g/mol. The second kappa shape index (κ2) is 11.2. The van der Waals surface area contributed by atoms with Gasteiger partial charge in [-0.05, 0) is 69.2 Å². The molecule has 0 aliphatic carbocycles. The number of rotatable bonds is 8. The number of phenolic OH excluding ortho intramolecular Hbond substituents is 1. The molecule has 10 nitrogen and oxygen atoms in total. The number of carbonyl (C=O) groups is 3. The number of anilines is 1. The van der Waals surface area contributed by atoms with Crippen molar-refractivity contribution >= 4 is 39.9 Å². The summed E-state index contributed by atoms with van der Waals surface area (Å²) in [4.78, 5) is 45.2. The number of thiazole rings is 1. The zero-order valence-electron chi connectivity index (χ0n) is 22.1. The van der Waals surface area contributed by atoms with E-state index in [-0.39, 0.29) is 40.3 Å². The SMILES string of the molecule is CCOC(=O)c1sc(N2C(=O)C(=O)/C(=C(/O)c3ccc(OC)c(C)c3)C2c2ccc(O)c(OCC)c2)nc1C. The first-order valence-corrected chi connectivity index (χ1v) is 13.0. The number of aliphatic hydroxyl groups excluding tert-OH is 1. The number of esters is 1. The molecule has 1 aromatic heterocycles. The molecule has 1 amide bonds. The number of aliphatic hydroxyl groups is 1. The largest absolute Gasteiger partial charge is 0.507 e. The van der Waals surface area contributed by atoms with Crippen LogP contribution in [0.1, 0.15) is 51.9 Å². The van der Waals surface area contributed by atoms with Gasteiger partial charge in [-0.3, -0.25) is 14.5 Å². The van der Waals surface area contributed by atoms with Crippen molar-refractivity contribution in [2.45, 2.75) is 33.7 Å². The average Bonchev–Trinajstić information content (AvgIpc) is 3.41. The summed E-state index contributed by atoms with van der Waals surface area (Å²) in [5.41, 5.74) is 1.56. The van der Waals surface area contributed by atoms with E-state index in [0.29, 0.717) is 28.1 Å². The number of hydrogen-bond donors (Lipinski definition) is 2. The van der Waals surface area contributed by atoms with Gasteiger partial charge in [0.1, 0.15) is 16.4 Å². The van der Waals surface area contributed by atoms with Crippen molar-refractivity contribution in [1.82, 2.24) is 4.98 Å². The lowest BCUT2D eigenvalue weighted by Crippen LogP contribution is -2.29. The van der Waals surface area contributed by atoms with Gasteiger partial charge in [-0.15, -0.1) is 0 Å². The van der Waals surface area contributed by atoms with Crippen LogP contribution in [0.2, 0.25) is 0 Å². The molecule has 1 atom stereocenters. The number of amides is 1. The predicted molar refractivity (Wildman–Crippen MR) is 145 cm³/mol. The zero-order valence-corrected chi connectivity index (χ0v) is 22.9. The minimum absolute atomic E-state index is 0.0821. The van der Waals surface area contributed by atoms with Crippen LogP contribution in [-0.4, -0.2) is 53.2 Å². The molecule has 0 radical (unpaired) electrons. The molecule has 11 heteroatoms. The van der Waals surface area contributed by atoms with E-state index in [9.17, 15) is 24.6 Å². The Morgan fingerprint density at radius 3 is 2.46 bits per heavy atom. The Morgan fingerprint density at radius 2 is 1.82 bits per heavy atom. The van der Waals surface area contributed by atoms with Crippen LogP contribution in [0.5, 0.6) is 17.2 Å². The fourth-order valence-corrected chi connectivity index (χ4v) is 5.36. The first kappa shape index (κ1) is 27.6. The molecular weight excluding hydrogens is 524 g/mol. The van der Waals surface area contributed by atoms with Gasteiger partial charge in [0, 0.05) is 5.56 Å². The number of benzene rings is 2. The van der Waals surface area contributed by atoms with E-state index in [1.165, 1.54) is 25.3 Å². The number of ketones is 1. The highest BCUT2D eigenvalue weighted by molar-refractivity contribution is 7.17. The van der Waals surface area contributed by atoms with Crippen LogP contribution >= 0.6 is 11.3 Å². The third-order valence-electron chi connectivity index (χ3n) is 6.16. The van der Waals surface area contributed by atoms with Crippen molar-refractivity contribution in [2.24, 2.45) is 0 Å². The van der Waals surface area contributed by atoms with Gasteiger partial charge in [0.15, 0.2) is 16.6 Å². The van der Waals surface area contributed by atoms with Crippen molar-refractivity contribution in [1.29, 1.82) is 0 Å². The van der Waals surface area contributed by atoms with E-state index in [2.05, 4.69) is 4.98 Å². The molecule has 1 aliphatic rings. The molecule has 2 N–H and O–H groups in total. The third kappa shape index (κ3) is 5.05. The standard InChI is InChI=1S/C28H28N2O8S/c1-6-37-20-13-16(8-10-18(20)31)22-21(23(32)17-9-11-19(36-5)14(3)12-17)24(33)26(34)30(22)28-29-15(4)25(39-28)27(35)38-7-2/h8-13,22,31-32H,6-7H2,1-5H3/b23-21+. The van der Waals surface area contributed by atoms with Crippen LogP contribution in [0.15, 0.2) is 42.0 Å². The number of aryl methyl sites for hydroxylation is 2. The maximum absolute atomic E-state index is 13.5. The number of phenols is 1. The van der Waals surface area contributed by atoms with E-state index in [1.54, 1.807) is 45.9 Å². The Hall–Kier alpha value is -4.38. The summed E-state index contributed by atoms with van der Waals surface area (Å²) in [5.74, 6) is -2.24. The Balaban J connectivity index is 1.95. The summed E-state index contributed by atoms with van der Waals surface area (Å²) in [6.07, 6.45) is 0. The lowest BCUT2D eigenvalue weighted by molar-refractivity contribution is -0.132. The number of hydrogen-bond acceptors (Lipinski definition) is 10. The Kier molecular flexibility index (Phi) is 7.91. The second-order valence-electron chi connectivity index (χ2n) is 8.65. The van der Waals surface area contributed by atoms with Gasteiger partial charge < -0.3 is 24.4 Å². The van der Waals surface area contributed by atoms with Crippen LogP contribution in [0.4, 0.5) is 5.13 Å². The Labute approximate surface area is 229 Å². The van der Waals surface area contributed by atoms with E-state index >= 15 is 0 Å². The third-order valence-corrected chi connectivity index (χ3v) is 7.30. The molecule has 2 aromatic carbocycles. The van der Waals surface area contributed by atoms with Crippen molar-refractivity contribution in [3.05, 3.63) is 69.2 Å². The summed E-state index contributed by atoms with van der Waals surface area (Å²) in [7, 11) is 1.52. The molecule has 4 rings (SSSR count). The monoisotopic (exact) mass is 552 g/mol. The minimum atomic E-state index is -1.13. The van der Waals surface area contributed by atoms with E-state index in [1.807, 2.05) is 0 Å². The first-order valence-electron chi connectivity index (χ1n) is 12.2. The van der Waals surface area contributed by atoms with Crippen LogP contribution in [-0.2, 0) is 14.3 Å².